The number of carbonyl (C=O) groups is 2. The fourth-order valence-electron chi connectivity index (χ4n) is 2.73. The number of amides is 2. The number of hydrogen-bond donors (Lipinski definition) is 0. The Bertz CT molecular complexity index is 825. The van der Waals surface area contributed by atoms with Crippen LogP contribution in [0, 0.1) is 0 Å². The summed E-state index contributed by atoms with van der Waals surface area (Å²) >= 11 is 0. The molecule has 9 heteroatoms. The molecule has 0 spiro atoms. The van der Waals surface area contributed by atoms with Crippen molar-refractivity contribution in [3.63, 3.8) is 0 Å². The lowest BCUT2D eigenvalue weighted by Crippen LogP contribution is -2.36. The normalized spacial score (nSPS) is 17.0. The van der Waals surface area contributed by atoms with E-state index in [9.17, 15) is 22.8 Å². The first-order chi connectivity index (χ1) is 12.8. The van der Waals surface area contributed by atoms with Gasteiger partial charge in [0.1, 0.15) is 11.8 Å². The SMILES string of the molecule is CN(CC1CN(c2ccccc2)C(=O)O1)C(=O)c1ccc(C(F)(F)F)nc1. The number of halogens is 3. The Morgan fingerprint density at radius 3 is 2.56 bits per heavy atom. The van der Waals surface area contributed by atoms with Crippen LogP contribution in [0.4, 0.5) is 23.7 Å². The third-order valence-electron chi connectivity index (χ3n) is 4.07. The zero-order chi connectivity index (χ0) is 19.6. The summed E-state index contributed by atoms with van der Waals surface area (Å²) in [5.74, 6) is -0.509. The van der Waals surface area contributed by atoms with E-state index in [-0.39, 0.29) is 18.7 Å². The highest BCUT2D eigenvalue weighted by Gasteiger charge is 2.34. The van der Waals surface area contributed by atoms with Gasteiger partial charge in [-0.15, -0.1) is 0 Å². The van der Waals surface area contributed by atoms with Crippen molar-refractivity contribution in [1.82, 2.24) is 9.88 Å². The molecular formula is C18H16F3N3O3. The fraction of sp³-hybridized carbons (Fsp3) is 0.278. The topological polar surface area (TPSA) is 62.7 Å². The molecule has 1 aliphatic heterocycles. The van der Waals surface area contributed by atoms with Gasteiger partial charge in [-0.1, -0.05) is 18.2 Å². The number of para-hydroxylation sites is 1. The molecule has 0 saturated carbocycles. The first kappa shape index (κ1) is 18.7. The summed E-state index contributed by atoms with van der Waals surface area (Å²) in [7, 11) is 1.49. The van der Waals surface area contributed by atoms with Gasteiger partial charge in [-0.3, -0.25) is 14.7 Å². The molecule has 2 amide bonds. The number of cyclic esters (lactones) is 1. The zero-order valence-electron chi connectivity index (χ0n) is 14.3. The number of pyridine rings is 1. The first-order valence-electron chi connectivity index (χ1n) is 8.07. The van der Waals surface area contributed by atoms with E-state index in [1.165, 1.54) is 16.8 Å². The van der Waals surface area contributed by atoms with Gasteiger partial charge in [-0.2, -0.15) is 13.2 Å². The van der Waals surface area contributed by atoms with E-state index in [4.69, 9.17) is 4.74 Å². The number of benzene rings is 1. The molecule has 0 radical (unpaired) electrons. The van der Waals surface area contributed by atoms with Crippen molar-refractivity contribution in [3.8, 4) is 0 Å². The van der Waals surface area contributed by atoms with Gasteiger partial charge in [0, 0.05) is 18.9 Å². The maximum Gasteiger partial charge on any atom is 0.433 e. The molecule has 3 rings (SSSR count). The van der Waals surface area contributed by atoms with E-state index in [1.807, 2.05) is 6.07 Å². The molecule has 1 aromatic carbocycles. The fourth-order valence-corrected chi connectivity index (χ4v) is 2.73. The van der Waals surface area contributed by atoms with Crippen molar-refractivity contribution in [3.05, 3.63) is 59.9 Å². The number of anilines is 1. The molecule has 27 heavy (non-hydrogen) atoms. The van der Waals surface area contributed by atoms with Crippen molar-refractivity contribution in [2.75, 3.05) is 25.0 Å². The number of rotatable bonds is 4. The minimum Gasteiger partial charge on any atom is -0.442 e. The Hall–Kier alpha value is -3.10. The average Bonchev–Trinajstić information content (AvgIpc) is 3.01. The van der Waals surface area contributed by atoms with Crippen LogP contribution in [0.5, 0.6) is 0 Å². The maximum absolute atomic E-state index is 12.6. The van der Waals surface area contributed by atoms with Gasteiger partial charge in [0.05, 0.1) is 18.7 Å². The van der Waals surface area contributed by atoms with E-state index in [1.54, 1.807) is 24.3 Å². The summed E-state index contributed by atoms with van der Waals surface area (Å²) in [6.07, 6.45) is -4.73. The van der Waals surface area contributed by atoms with E-state index >= 15 is 0 Å². The van der Waals surface area contributed by atoms with E-state index in [0.29, 0.717) is 5.69 Å². The summed E-state index contributed by atoms with van der Waals surface area (Å²) in [6, 6.07) is 10.8. The summed E-state index contributed by atoms with van der Waals surface area (Å²) in [4.78, 5) is 30.4. The van der Waals surface area contributed by atoms with Crippen LogP contribution in [0.1, 0.15) is 16.1 Å². The molecule has 1 aromatic heterocycles. The molecule has 1 fully saturated rings. The van der Waals surface area contributed by atoms with Crippen LogP contribution < -0.4 is 4.90 Å². The Labute approximate surface area is 153 Å². The van der Waals surface area contributed by atoms with Gasteiger partial charge in [0.25, 0.3) is 5.91 Å². The van der Waals surface area contributed by atoms with Crippen LogP contribution in [0.25, 0.3) is 0 Å². The Morgan fingerprint density at radius 2 is 1.96 bits per heavy atom. The Kier molecular flexibility index (Phi) is 5.02. The molecule has 2 aromatic rings. The van der Waals surface area contributed by atoms with Gasteiger partial charge in [-0.05, 0) is 24.3 Å². The molecule has 0 bridgehead atoms. The van der Waals surface area contributed by atoms with Crippen molar-refractivity contribution >= 4 is 17.7 Å². The standard InChI is InChI=1S/C18H16F3N3O3/c1-23(16(25)12-7-8-15(22-9-12)18(19,20)21)10-14-11-24(17(26)27-14)13-5-3-2-4-6-13/h2-9,14H,10-11H2,1H3. The van der Waals surface area contributed by atoms with Crippen molar-refractivity contribution in [2.24, 2.45) is 0 Å². The maximum atomic E-state index is 12.6. The second kappa shape index (κ2) is 7.26. The molecule has 0 aliphatic carbocycles. The second-order valence-corrected chi connectivity index (χ2v) is 6.07. The molecule has 1 unspecified atom stereocenters. The van der Waals surface area contributed by atoms with Gasteiger partial charge in [0.15, 0.2) is 0 Å². The van der Waals surface area contributed by atoms with E-state index in [2.05, 4.69) is 4.98 Å². The molecule has 1 atom stereocenters. The van der Waals surface area contributed by atoms with E-state index < -0.39 is 30.0 Å². The summed E-state index contributed by atoms with van der Waals surface area (Å²) in [5.41, 5.74) is -0.356. The number of likely N-dealkylation sites (N-methyl/N-ethyl adjacent to an activating group) is 1. The van der Waals surface area contributed by atoms with Crippen LogP contribution in [-0.4, -0.2) is 48.1 Å². The monoisotopic (exact) mass is 379 g/mol. The van der Waals surface area contributed by atoms with Crippen molar-refractivity contribution in [1.29, 1.82) is 0 Å². The summed E-state index contributed by atoms with van der Waals surface area (Å²) in [6.45, 7) is 0.376. The van der Waals surface area contributed by atoms with Gasteiger partial charge in [-0.25, -0.2) is 4.79 Å². The van der Waals surface area contributed by atoms with Crippen LogP contribution in [0.3, 0.4) is 0 Å². The highest BCUT2D eigenvalue weighted by molar-refractivity contribution is 5.94. The molecular weight excluding hydrogens is 363 g/mol. The lowest BCUT2D eigenvalue weighted by Gasteiger charge is -2.20. The average molecular weight is 379 g/mol. The highest BCUT2D eigenvalue weighted by atomic mass is 19.4. The zero-order valence-corrected chi connectivity index (χ0v) is 14.3. The molecule has 2 heterocycles. The molecule has 1 saturated heterocycles. The third-order valence-corrected chi connectivity index (χ3v) is 4.07. The number of nitrogens with zero attached hydrogens (tertiary/aromatic N) is 3. The van der Waals surface area contributed by atoms with Crippen molar-refractivity contribution < 1.29 is 27.5 Å². The number of alkyl halides is 3. The second-order valence-electron chi connectivity index (χ2n) is 6.07. The third kappa shape index (κ3) is 4.18. The van der Waals surface area contributed by atoms with Crippen LogP contribution >= 0.6 is 0 Å². The van der Waals surface area contributed by atoms with Gasteiger partial charge < -0.3 is 9.64 Å². The largest absolute Gasteiger partial charge is 0.442 e. The minimum absolute atomic E-state index is 0.0229. The van der Waals surface area contributed by atoms with Gasteiger partial charge >= 0.3 is 12.3 Å². The predicted molar refractivity (Wildman–Crippen MR) is 90.3 cm³/mol. The smallest absolute Gasteiger partial charge is 0.433 e. The lowest BCUT2D eigenvalue weighted by molar-refractivity contribution is -0.141. The first-order valence-corrected chi connectivity index (χ1v) is 8.07. The number of hydrogen-bond acceptors (Lipinski definition) is 4. The van der Waals surface area contributed by atoms with E-state index in [0.717, 1.165) is 18.3 Å². The molecule has 142 valence electrons. The molecule has 6 nitrogen and oxygen atoms in total. The molecule has 1 aliphatic rings. The molecule has 0 N–H and O–H groups in total. The van der Waals surface area contributed by atoms with Crippen molar-refractivity contribution in [2.45, 2.75) is 12.3 Å². The van der Waals surface area contributed by atoms with Crippen LogP contribution in [-0.2, 0) is 10.9 Å². The summed E-state index contributed by atoms with van der Waals surface area (Å²) < 4.78 is 42.9. The Morgan fingerprint density at radius 1 is 1.26 bits per heavy atom. The number of ether oxygens (including phenoxy) is 1. The Balaban J connectivity index is 1.63. The summed E-state index contributed by atoms with van der Waals surface area (Å²) in [5, 5.41) is 0. The van der Waals surface area contributed by atoms with Crippen LogP contribution in [0.2, 0.25) is 0 Å². The van der Waals surface area contributed by atoms with Gasteiger partial charge in [0.2, 0.25) is 0 Å². The number of carbonyl (C=O) groups excluding carboxylic acids is 2. The predicted octanol–water partition coefficient (Wildman–Crippen LogP) is 3.20. The van der Waals surface area contributed by atoms with Crippen LogP contribution in [0.15, 0.2) is 48.7 Å². The number of aromatic nitrogens is 1. The minimum atomic E-state index is -4.56. The lowest BCUT2D eigenvalue weighted by atomic mass is 10.2. The highest BCUT2D eigenvalue weighted by Crippen LogP contribution is 2.27. The quantitative estimate of drug-likeness (QED) is 0.819.